The van der Waals surface area contributed by atoms with E-state index in [1.54, 1.807) is 0 Å². The number of nitrogens with zero attached hydrogens (tertiary/aromatic N) is 2. The average molecular weight is 303 g/mol. The van der Waals surface area contributed by atoms with Crippen molar-refractivity contribution < 1.29 is 17.7 Å². The van der Waals surface area contributed by atoms with Gasteiger partial charge >= 0.3 is 0 Å². The minimum atomic E-state index is -3.80. The van der Waals surface area contributed by atoms with E-state index >= 15 is 0 Å². The molecule has 2 aromatic rings. The zero-order valence-corrected chi connectivity index (χ0v) is 11.4. The summed E-state index contributed by atoms with van der Waals surface area (Å²) in [5.41, 5.74) is 1.05. The topological polar surface area (TPSA) is 82.3 Å². The Morgan fingerprint density at radius 3 is 2.74 bits per heavy atom. The van der Waals surface area contributed by atoms with Gasteiger partial charge in [0.25, 0.3) is 14.8 Å². The van der Waals surface area contributed by atoms with Crippen LogP contribution in [-0.4, -0.2) is 31.8 Å². The van der Waals surface area contributed by atoms with E-state index in [1.165, 1.54) is 12.3 Å². The molecule has 1 aliphatic rings. The quantitative estimate of drug-likeness (QED) is 0.790. The maximum absolute atomic E-state index is 11.3. The second kappa shape index (κ2) is 4.73. The molecule has 3 heterocycles. The van der Waals surface area contributed by atoms with E-state index in [9.17, 15) is 8.42 Å². The van der Waals surface area contributed by atoms with Gasteiger partial charge in [0.05, 0.1) is 17.3 Å². The van der Waals surface area contributed by atoms with Crippen molar-refractivity contribution in [3.8, 4) is 0 Å². The van der Waals surface area contributed by atoms with Gasteiger partial charge in [-0.1, -0.05) is 5.16 Å². The van der Waals surface area contributed by atoms with Crippen LogP contribution in [0.1, 0.15) is 24.5 Å². The molecule has 0 saturated carbocycles. The fraction of sp³-hybridized carbons (Fsp3) is 0.455. The summed E-state index contributed by atoms with van der Waals surface area (Å²) in [6.45, 7) is 1.33. The normalized spacial score (nSPS) is 17.9. The number of pyridine rings is 1. The Kier molecular flexibility index (Phi) is 3.20. The van der Waals surface area contributed by atoms with Crippen LogP contribution in [0.3, 0.4) is 0 Å². The molecule has 1 saturated heterocycles. The molecule has 0 amide bonds. The molecule has 2 aromatic heterocycles. The number of ether oxygens (including phenoxy) is 1. The van der Waals surface area contributed by atoms with Crippen molar-refractivity contribution in [2.75, 3.05) is 13.2 Å². The third-order valence-corrected chi connectivity index (χ3v) is 4.54. The number of hydrogen-bond donors (Lipinski definition) is 0. The van der Waals surface area contributed by atoms with Gasteiger partial charge in [-0.3, -0.25) is 0 Å². The minimum Gasteiger partial charge on any atom is -0.381 e. The van der Waals surface area contributed by atoms with Crippen molar-refractivity contribution in [2.24, 2.45) is 0 Å². The van der Waals surface area contributed by atoms with Crippen molar-refractivity contribution >= 4 is 30.8 Å². The largest absolute Gasteiger partial charge is 0.381 e. The molecule has 3 rings (SSSR count). The summed E-state index contributed by atoms with van der Waals surface area (Å²) >= 11 is 0. The van der Waals surface area contributed by atoms with E-state index in [2.05, 4.69) is 10.1 Å². The molecule has 0 radical (unpaired) electrons. The first-order chi connectivity index (χ1) is 9.05. The Balaban J connectivity index is 2.10. The zero-order chi connectivity index (χ0) is 13.5. The van der Waals surface area contributed by atoms with Gasteiger partial charge in [0.2, 0.25) is 0 Å². The zero-order valence-electron chi connectivity index (χ0n) is 9.87. The molecule has 0 aliphatic carbocycles. The molecule has 0 bridgehead atoms. The molecule has 1 fully saturated rings. The molecular weight excluding hydrogens is 292 g/mol. The highest BCUT2D eigenvalue weighted by molar-refractivity contribution is 8.13. The van der Waals surface area contributed by atoms with Gasteiger partial charge in [-0.25, -0.2) is 13.4 Å². The summed E-state index contributed by atoms with van der Waals surface area (Å²) in [5, 5.41) is 4.62. The standard InChI is InChI=1S/C11H11ClN2O4S/c12-19(15,16)8-5-9-10(7-1-3-17-4-2-7)14-18-11(9)13-6-8/h5-7H,1-4H2. The van der Waals surface area contributed by atoms with Gasteiger partial charge in [-0.2, -0.15) is 0 Å². The Morgan fingerprint density at radius 2 is 2.05 bits per heavy atom. The molecule has 0 N–H and O–H groups in total. The fourth-order valence-electron chi connectivity index (χ4n) is 2.23. The lowest BCUT2D eigenvalue weighted by molar-refractivity contribution is 0.0840. The van der Waals surface area contributed by atoms with Crippen LogP contribution in [0.4, 0.5) is 0 Å². The first kappa shape index (κ1) is 12.8. The second-order valence-corrected chi connectivity index (χ2v) is 6.98. The lowest BCUT2D eigenvalue weighted by atomic mass is 9.95. The van der Waals surface area contributed by atoms with E-state index in [0.717, 1.165) is 18.5 Å². The highest BCUT2D eigenvalue weighted by Gasteiger charge is 2.24. The van der Waals surface area contributed by atoms with Crippen molar-refractivity contribution in [2.45, 2.75) is 23.7 Å². The van der Waals surface area contributed by atoms with Crippen LogP contribution >= 0.6 is 10.7 Å². The van der Waals surface area contributed by atoms with Gasteiger partial charge in [-0.15, -0.1) is 0 Å². The van der Waals surface area contributed by atoms with Crippen LogP contribution in [0.2, 0.25) is 0 Å². The highest BCUT2D eigenvalue weighted by Crippen LogP contribution is 2.32. The predicted molar refractivity (Wildman–Crippen MR) is 67.6 cm³/mol. The molecule has 0 spiro atoms. The summed E-state index contributed by atoms with van der Waals surface area (Å²) < 4.78 is 33.1. The summed E-state index contributed by atoms with van der Waals surface area (Å²) in [6, 6.07) is 1.46. The fourth-order valence-corrected chi connectivity index (χ4v) is 2.92. The van der Waals surface area contributed by atoms with Crippen molar-refractivity contribution in [1.29, 1.82) is 0 Å². The number of aromatic nitrogens is 2. The maximum Gasteiger partial charge on any atom is 0.262 e. The van der Waals surface area contributed by atoms with Crippen molar-refractivity contribution in [3.63, 3.8) is 0 Å². The van der Waals surface area contributed by atoms with Crippen LogP contribution in [0, 0.1) is 0 Å². The van der Waals surface area contributed by atoms with Crippen LogP contribution in [-0.2, 0) is 13.8 Å². The van der Waals surface area contributed by atoms with E-state index in [-0.39, 0.29) is 10.8 Å². The Morgan fingerprint density at radius 1 is 1.32 bits per heavy atom. The molecule has 8 heteroatoms. The van der Waals surface area contributed by atoms with Crippen molar-refractivity contribution in [1.82, 2.24) is 10.1 Å². The number of fused-ring (bicyclic) bond motifs is 1. The lowest BCUT2D eigenvalue weighted by Crippen LogP contribution is -2.14. The van der Waals surface area contributed by atoms with Crippen LogP contribution in [0.5, 0.6) is 0 Å². The van der Waals surface area contributed by atoms with Gasteiger partial charge in [0.1, 0.15) is 4.90 Å². The lowest BCUT2D eigenvalue weighted by Gasteiger charge is -2.19. The molecular formula is C11H11ClN2O4S. The summed E-state index contributed by atoms with van der Waals surface area (Å²) in [6.07, 6.45) is 2.84. The predicted octanol–water partition coefficient (Wildman–Crippen LogP) is 2.04. The maximum atomic E-state index is 11.3. The van der Waals surface area contributed by atoms with E-state index < -0.39 is 9.05 Å². The molecule has 19 heavy (non-hydrogen) atoms. The van der Waals surface area contributed by atoms with Gasteiger partial charge in [0, 0.05) is 29.8 Å². The smallest absolute Gasteiger partial charge is 0.262 e. The molecule has 0 aromatic carbocycles. The Bertz CT molecular complexity index is 707. The first-order valence-electron chi connectivity index (χ1n) is 5.83. The first-order valence-corrected chi connectivity index (χ1v) is 8.14. The van der Waals surface area contributed by atoms with E-state index in [1.807, 2.05) is 0 Å². The molecule has 102 valence electrons. The van der Waals surface area contributed by atoms with Crippen LogP contribution in [0.25, 0.3) is 11.1 Å². The number of hydrogen-bond acceptors (Lipinski definition) is 6. The van der Waals surface area contributed by atoms with Gasteiger partial charge in [-0.05, 0) is 18.9 Å². The SMILES string of the molecule is O=S(=O)(Cl)c1cnc2onc(C3CCOCC3)c2c1. The Labute approximate surface area is 114 Å². The van der Waals surface area contributed by atoms with Gasteiger partial charge in [0.15, 0.2) is 0 Å². The summed E-state index contributed by atoms with van der Waals surface area (Å²) in [4.78, 5) is 3.90. The summed E-state index contributed by atoms with van der Waals surface area (Å²) in [7, 11) is 1.52. The average Bonchev–Trinajstić information content (AvgIpc) is 2.81. The minimum absolute atomic E-state index is 0.0434. The third kappa shape index (κ3) is 2.45. The third-order valence-electron chi connectivity index (χ3n) is 3.22. The van der Waals surface area contributed by atoms with Gasteiger partial charge < -0.3 is 9.26 Å². The van der Waals surface area contributed by atoms with Crippen LogP contribution in [0.15, 0.2) is 21.7 Å². The second-order valence-electron chi connectivity index (χ2n) is 4.42. The van der Waals surface area contributed by atoms with E-state index in [4.69, 9.17) is 19.9 Å². The Hall–Kier alpha value is -1.18. The van der Waals surface area contributed by atoms with Crippen LogP contribution < -0.4 is 0 Å². The number of halogens is 1. The molecule has 0 atom stereocenters. The monoisotopic (exact) mass is 302 g/mol. The highest BCUT2D eigenvalue weighted by atomic mass is 35.7. The molecule has 0 unspecified atom stereocenters. The summed E-state index contributed by atoms with van der Waals surface area (Å²) in [5.74, 6) is 0.199. The van der Waals surface area contributed by atoms with E-state index in [0.29, 0.717) is 24.3 Å². The molecule has 1 aliphatic heterocycles. The van der Waals surface area contributed by atoms with Crippen molar-refractivity contribution in [3.05, 3.63) is 18.0 Å². The number of rotatable bonds is 2. The molecule has 6 nitrogen and oxygen atoms in total.